The largest absolute Gasteiger partial charge is 0.334 e. The minimum atomic E-state index is 0.392. The second-order valence-corrected chi connectivity index (χ2v) is 8.60. The molecule has 0 aliphatic heterocycles. The summed E-state index contributed by atoms with van der Waals surface area (Å²) in [6, 6.07) is 20.5. The highest BCUT2D eigenvalue weighted by atomic mass is 16.5. The van der Waals surface area contributed by atoms with Gasteiger partial charge in [-0.25, -0.2) is 0 Å². The van der Waals surface area contributed by atoms with Crippen LogP contribution in [0.1, 0.15) is 48.2 Å². The Balaban J connectivity index is 1.67. The summed E-state index contributed by atoms with van der Waals surface area (Å²) in [5.74, 6) is 1.34. The van der Waals surface area contributed by atoms with Crippen LogP contribution in [-0.2, 0) is 0 Å². The van der Waals surface area contributed by atoms with E-state index in [0.29, 0.717) is 17.6 Å². The van der Waals surface area contributed by atoms with E-state index < -0.39 is 0 Å². The molecule has 0 amide bonds. The number of benzene rings is 2. The molecule has 3 heterocycles. The Bertz CT molecular complexity index is 1520. The molecule has 6 heteroatoms. The summed E-state index contributed by atoms with van der Waals surface area (Å²) in [6.45, 7) is 6.18. The van der Waals surface area contributed by atoms with E-state index in [9.17, 15) is 5.21 Å². The van der Waals surface area contributed by atoms with Gasteiger partial charge in [0.2, 0.25) is 12.4 Å². The van der Waals surface area contributed by atoms with Crippen molar-refractivity contribution in [3.05, 3.63) is 108 Å². The first kappa shape index (κ1) is 21.5. The molecular formula is C28H25N4O2+. The Kier molecular flexibility index (Phi) is 5.64. The molecule has 0 saturated carbocycles. The van der Waals surface area contributed by atoms with Crippen LogP contribution in [0.3, 0.4) is 0 Å². The Morgan fingerprint density at radius 3 is 2.71 bits per heavy atom. The number of pyridine rings is 2. The predicted molar refractivity (Wildman–Crippen MR) is 131 cm³/mol. The maximum atomic E-state index is 9.96. The van der Waals surface area contributed by atoms with Crippen LogP contribution in [0.15, 0.2) is 83.8 Å². The molecule has 5 aromatic rings. The average Bonchev–Trinajstić information content (AvgIpc) is 3.27. The third-order valence-electron chi connectivity index (χ3n) is 5.76. The molecule has 0 spiro atoms. The summed E-state index contributed by atoms with van der Waals surface area (Å²) >= 11 is 0. The first-order valence-corrected chi connectivity index (χ1v) is 11.2. The van der Waals surface area contributed by atoms with Gasteiger partial charge in [0.15, 0.2) is 5.82 Å². The zero-order valence-electron chi connectivity index (χ0n) is 19.3. The molecule has 1 N–H and O–H groups in total. The van der Waals surface area contributed by atoms with Gasteiger partial charge in [0.25, 0.3) is 5.89 Å². The maximum absolute atomic E-state index is 9.96. The minimum Gasteiger partial charge on any atom is -0.334 e. The van der Waals surface area contributed by atoms with Crippen LogP contribution in [0.25, 0.3) is 33.7 Å². The van der Waals surface area contributed by atoms with Crippen LogP contribution in [0, 0.1) is 6.92 Å². The number of rotatable bonds is 5. The monoisotopic (exact) mass is 449 g/mol. The van der Waals surface area contributed by atoms with Crippen molar-refractivity contribution < 1.29 is 14.5 Å². The van der Waals surface area contributed by atoms with Gasteiger partial charge in [-0.2, -0.15) is 4.98 Å². The van der Waals surface area contributed by atoms with Crippen LogP contribution in [-0.4, -0.2) is 20.3 Å². The fourth-order valence-corrected chi connectivity index (χ4v) is 4.03. The summed E-state index contributed by atoms with van der Waals surface area (Å²) in [7, 11) is 0. The molecule has 5 rings (SSSR count). The molecule has 0 fully saturated rings. The molecule has 34 heavy (non-hydrogen) atoms. The number of hydrogen-bond donors (Lipinski definition) is 1. The lowest BCUT2D eigenvalue weighted by Crippen LogP contribution is -2.28. The first-order valence-electron chi connectivity index (χ1n) is 11.2. The zero-order chi connectivity index (χ0) is 23.7. The van der Waals surface area contributed by atoms with Gasteiger partial charge in [-0.3, -0.25) is 10.2 Å². The molecule has 6 nitrogen and oxygen atoms in total. The maximum Gasteiger partial charge on any atom is 0.258 e. The van der Waals surface area contributed by atoms with E-state index in [-0.39, 0.29) is 0 Å². The van der Waals surface area contributed by atoms with Crippen LogP contribution < -0.4 is 4.73 Å². The van der Waals surface area contributed by atoms with Crippen LogP contribution in [0.4, 0.5) is 0 Å². The molecule has 0 aliphatic rings. The van der Waals surface area contributed by atoms with E-state index >= 15 is 0 Å². The van der Waals surface area contributed by atoms with Crippen molar-refractivity contribution in [3.8, 4) is 11.1 Å². The number of aromatic nitrogens is 4. The van der Waals surface area contributed by atoms with E-state index in [4.69, 9.17) is 4.52 Å². The highest BCUT2D eigenvalue weighted by Gasteiger charge is 2.16. The topological polar surface area (TPSA) is 75.9 Å². The highest BCUT2D eigenvalue weighted by molar-refractivity contribution is 5.95. The third kappa shape index (κ3) is 4.30. The SMILES string of the molecule is Cc1noc(/C(=C\c2cccc(-c3cc(C(C)C)cc4cccnc34)c2)c2ccc[n+](O)c2)n1. The number of aryl methyl sites for hydroxylation is 1. The predicted octanol–water partition coefficient (Wildman–Crippen LogP) is 5.83. The van der Waals surface area contributed by atoms with Gasteiger partial charge in [-0.15, -0.1) is 0 Å². The van der Waals surface area contributed by atoms with Crippen LogP contribution in [0.2, 0.25) is 0 Å². The molecule has 0 bridgehead atoms. The van der Waals surface area contributed by atoms with Crippen molar-refractivity contribution in [2.24, 2.45) is 0 Å². The second-order valence-electron chi connectivity index (χ2n) is 8.60. The standard InChI is InChI=1S/C28H25N4O2/c1-18(2)24-15-22-9-5-11-29-27(22)25(16-24)21-8-4-7-20(13-21)14-26(28-30-19(3)31-34-28)23-10-6-12-32(33)17-23/h4-18,33H,1-3H3/q+1/b26-14-. The molecule has 168 valence electrons. The van der Waals surface area contributed by atoms with Gasteiger partial charge in [0, 0.05) is 27.9 Å². The summed E-state index contributed by atoms with van der Waals surface area (Å²) in [5.41, 5.74) is 6.87. The lowest BCUT2D eigenvalue weighted by molar-refractivity contribution is -0.904. The molecule has 3 aromatic heterocycles. The van der Waals surface area contributed by atoms with Crippen molar-refractivity contribution in [1.29, 1.82) is 0 Å². The highest BCUT2D eigenvalue weighted by Crippen LogP contribution is 2.33. The molecule has 0 aliphatic carbocycles. The van der Waals surface area contributed by atoms with Crippen molar-refractivity contribution in [2.75, 3.05) is 0 Å². The average molecular weight is 450 g/mol. The first-order chi connectivity index (χ1) is 16.5. The Hall–Kier alpha value is -4.32. The zero-order valence-corrected chi connectivity index (χ0v) is 19.3. The van der Waals surface area contributed by atoms with Gasteiger partial charge in [0.1, 0.15) is 0 Å². The van der Waals surface area contributed by atoms with Gasteiger partial charge in [-0.1, -0.05) is 43.3 Å². The number of hydrogen-bond acceptors (Lipinski definition) is 5. The lowest BCUT2D eigenvalue weighted by atomic mass is 9.93. The van der Waals surface area contributed by atoms with Crippen LogP contribution >= 0.6 is 0 Å². The van der Waals surface area contributed by atoms with Crippen molar-refractivity contribution in [3.63, 3.8) is 0 Å². The lowest BCUT2D eigenvalue weighted by Gasteiger charge is -2.13. The normalized spacial score (nSPS) is 11.9. The van der Waals surface area contributed by atoms with Gasteiger partial charge in [-0.05, 0) is 65.9 Å². The van der Waals surface area contributed by atoms with E-state index in [1.165, 1.54) is 5.56 Å². The fraction of sp³-hybridized carbons (Fsp3) is 0.143. The molecule has 0 radical (unpaired) electrons. The smallest absolute Gasteiger partial charge is 0.258 e. The fourth-order valence-electron chi connectivity index (χ4n) is 4.03. The van der Waals surface area contributed by atoms with Crippen molar-refractivity contribution >= 4 is 22.6 Å². The van der Waals surface area contributed by atoms with E-state index in [1.54, 1.807) is 25.4 Å². The molecular weight excluding hydrogens is 424 g/mol. The van der Waals surface area contributed by atoms with Gasteiger partial charge >= 0.3 is 0 Å². The Morgan fingerprint density at radius 1 is 1.06 bits per heavy atom. The van der Waals surface area contributed by atoms with E-state index in [2.05, 4.69) is 59.3 Å². The van der Waals surface area contributed by atoms with Crippen molar-refractivity contribution in [1.82, 2.24) is 15.1 Å². The summed E-state index contributed by atoms with van der Waals surface area (Å²) in [6.07, 6.45) is 6.99. The Labute approximate surface area is 197 Å². The van der Waals surface area contributed by atoms with Gasteiger partial charge in [0.05, 0.1) is 16.7 Å². The second kappa shape index (κ2) is 8.90. The molecule has 0 saturated heterocycles. The third-order valence-corrected chi connectivity index (χ3v) is 5.76. The van der Waals surface area contributed by atoms with Crippen LogP contribution in [0.5, 0.6) is 0 Å². The number of nitrogens with zero attached hydrogens (tertiary/aromatic N) is 4. The van der Waals surface area contributed by atoms with Gasteiger partial charge < -0.3 is 4.52 Å². The molecule has 0 atom stereocenters. The Morgan fingerprint density at radius 2 is 1.94 bits per heavy atom. The van der Waals surface area contributed by atoms with E-state index in [0.717, 1.165) is 43.5 Å². The number of fused-ring (bicyclic) bond motifs is 1. The van der Waals surface area contributed by atoms with Crippen molar-refractivity contribution in [2.45, 2.75) is 26.7 Å². The molecule has 0 unspecified atom stereocenters. The summed E-state index contributed by atoms with van der Waals surface area (Å²) in [4.78, 5) is 9.10. The minimum absolute atomic E-state index is 0.392. The molecule has 2 aromatic carbocycles. The van der Waals surface area contributed by atoms with E-state index in [1.807, 2.05) is 36.5 Å². The summed E-state index contributed by atoms with van der Waals surface area (Å²) < 4.78 is 6.49. The quantitative estimate of drug-likeness (QED) is 0.270. The summed E-state index contributed by atoms with van der Waals surface area (Å²) in [5, 5.41) is 15.0.